The summed E-state index contributed by atoms with van der Waals surface area (Å²) in [6, 6.07) is 3.87. The average molecular weight is 180 g/mol. The van der Waals surface area contributed by atoms with Gasteiger partial charge in [-0.25, -0.2) is 0 Å². The summed E-state index contributed by atoms with van der Waals surface area (Å²) < 4.78 is 0. The van der Waals surface area contributed by atoms with Crippen molar-refractivity contribution in [2.45, 2.75) is 25.8 Å². The van der Waals surface area contributed by atoms with Crippen molar-refractivity contribution in [1.82, 2.24) is 4.98 Å². The van der Waals surface area contributed by atoms with E-state index in [0.29, 0.717) is 0 Å². The summed E-state index contributed by atoms with van der Waals surface area (Å²) in [7, 11) is 0. The van der Waals surface area contributed by atoms with Gasteiger partial charge >= 0.3 is 0 Å². The number of hydrogen-bond acceptors (Lipinski definition) is 3. The summed E-state index contributed by atoms with van der Waals surface area (Å²) in [5, 5.41) is 9.10. The van der Waals surface area contributed by atoms with Gasteiger partial charge in [0.2, 0.25) is 0 Å². The fourth-order valence-electron chi connectivity index (χ4n) is 1.31. The Bertz CT molecular complexity index is 284. The van der Waals surface area contributed by atoms with Gasteiger partial charge in [-0.15, -0.1) is 0 Å². The van der Waals surface area contributed by atoms with E-state index in [2.05, 4.69) is 4.98 Å². The highest BCUT2D eigenvalue weighted by molar-refractivity contribution is 5.26. The zero-order valence-corrected chi connectivity index (χ0v) is 8.12. The highest BCUT2D eigenvalue weighted by Crippen LogP contribution is 2.18. The Morgan fingerprint density at radius 2 is 2.31 bits per heavy atom. The van der Waals surface area contributed by atoms with E-state index in [1.54, 1.807) is 13.1 Å². The maximum atomic E-state index is 9.10. The van der Waals surface area contributed by atoms with Gasteiger partial charge in [0.1, 0.15) is 0 Å². The molecule has 0 fully saturated rings. The molecule has 0 aliphatic carbocycles. The molecule has 3 N–H and O–H groups in total. The monoisotopic (exact) mass is 180 g/mol. The molecular formula is C10H16N2O. The van der Waals surface area contributed by atoms with E-state index in [4.69, 9.17) is 10.8 Å². The molecule has 0 aliphatic heterocycles. The topological polar surface area (TPSA) is 59.1 Å². The molecule has 3 nitrogen and oxygen atoms in total. The predicted molar refractivity (Wildman–Crippen MR) is 52.2 cm³/mol. The van der Waals surface area contributed by atoms with Crippen molar-refractivity contribution in [1.29, 1.82) is 0 Å². The van der Waals surface area contributed by atoms with Crippen molar-refractivity contribution in [3.63, 3.8) is 0 Å². The molecule has 0 radical (unpaired) electrons. The third kappa shape index (κ3) is 2.05. The van der Waals surface area contributed by atoms with Crippen LogP contribution >= 0.6 is 0 Å². The molecule has 0 aromatic carbocycles. The molecule has 72 valence electrons. The van der Waals surface area contributed by atoms with Gasteiger partial charge < -0.3 is 10.8 Å². The molecule has 0 aliphatic rings. The molecule has 0 saturated heterocycles. The average Bonchev–Trinajstić information content (AvgIpc) is 2.18. The van der Waals surface area contributed by atoms with Gasteiger partial charge in [0.15, 0.2) is 0 Å². The molecule has 0 amide bonds. The lowest BCUT2D eigenvalue weighted by atomic mass is 9.94. The van der Waals surface area contributed by atoms with Gasteiger partial charge in [0, 0.05) is 6.20 Å². The highest BCUT2D eigenvalue weighted by Gasteiger charge is 2.23. The second kappa shape index (κ2) is 3.85. The van der Waals surface area contributed by atoms with Crippen LogP contribution in [0, 0.1) is 0 Å². The van der Waals surface area contributed by atoms with Gasteiger partial charge in [-0.1, -0.05) is 13.0 Å². The molecule has 0 spiro atoms. The molecule has 1 unspecified atom stereocenters. The Morgan fingerprint density at radius 3 is 2.85 bits per heavy atom. The minimum atomic E-state index is -0.730. The molecule has 1 atom stereocenters. The lowest BCUT2D eigenvalue weighted by molar-refractivity contribution is 0.206. The number of aromatic nitrogens is 1. The zero-order valence-electron chi connectivity index (χ0n) is 8.12. The Morgan fingerprint density at radius 1 is 1.62 bits per heavy atom. The number of nitrogens with zero attached hydrogens (tertiary/aromatic N) is 1. The fraction of sp³-hybridized carbons (Fsp3) is 0.500. The maximum Gasteiger partial charge on any atom is 0.0791 e. The standard InChI is InChI=1S/C10H16N2O/c1-3-8-5-4-6-12-9(8)10(2,11)7-13/h4-6,13H,3,7,11H2,1-2H3. The van der Waals surface area contributed by atoms with E-state index < -0.39 is 5.54 Å². The van der Waals surface area contributed by atoms with Gasteiger partial charge in [-0.3, -0.25) is 4.98 Å². The SMILES string of the molecule is CCc1cccnc1C(C)(N)CO. The highest BCUT2D eigenvalue weighted by atomic mass is 16.3. The van der Waals surface area contributed by atoms with Gasteiger partial charge in [-0.2, -0.15) is 0 Å². The van der Waals surface area contributed by atoms with E-state index in [1.807, 2.05) is 19.1 Å². The first-order chi connectivity index (χ1) is 6.11. The van der Waals surface area contributed by atoms with Crippen LogP contribution < -0.4 is 5.73 Å². The Hall–Kier alpha value is -0.930. The van der Waals surface area contributed by atoms with Crippen molar-refractivity contribution < 1.29 is 5.11 Å². The molecule has 0 bridgehead atoms. The summed E-state index contributed by atoms with van der Waals surface area (Å²) in [6.45, 7) is 3.75. The Kier molecular flexibility index (Phi) is 3.01. The lowest BCUT2D eigenvalue weighted by Gasteiger charge is -2.23. The van der Waals surface area contributed by atoms with Crippen LogP contribution in [0.4, 0.5) is 0 Å². The summed E-state index contributed by atoms with van der Waals surface area (Å²) in [5.74, 6) is 0. The van der Waals surface area contributed by atoms with Crippen LogP contribution in [-0.4, -0.2) is 16.7 Å². The molecule has 1 rings (SSSR count). The molecule has 1 heterocycles. The minimum Gasteiger partial charge on any atom is -0.394 e. The number of aryl methyl sites for hydroxylation is 1. The number of pyridine rings is 1. The van der Waals surface area contributed by atoms with Crippen molar-refractivity contribution in [2.75, 3.05) is 6.61 Å². The number of nitrogens with two attached hydrogens (primary N) is 1. The Labute approximate surface area is 78.6 Å². The first-order valence-electron chi connectivity index (χ1n) is 4.46. The van der Waals surface area contributed by atoms with E-state index in [0.717, 1.165) is 17.7 Å². The number of hydrogen-bond donors (Lipinski definition) is 2. The van der Waals surface area contributed by atoms with Crippen molar-refractivity contribution in [3.05, 3.63) is 29.6 Å². The summed E-state index contributed by atoms with van der Waals surface area (Å²) >= 11 is 0. The summed E-state index contributed by atoms with van der Waals surface area (Å²) in [5.41, 5.74) is 7.06. The van der Waals surface area contributed by atoms with Crippen molar-refractivity contribution in [2.24, 2.45) is 5.73 Å². The van der Waals surface area contributed by atoms with Crippen LogP contribution in [0.1, 0.15) is 25.1 Å². The third-order valence-electron chi connectivity index (χ3n) is 2.14. The summed E-state index contributed by atoms with van der Waals surface area (Å²) in [4.78, 5) is 4.21. The van der Waals surface area contributed by atoms with E-state index in [-0.39, 0.29) is 6.61 Å². The van der Waals surface area contributed by atoms with Crippen molar-refractivity contribution in [3.8, 4) is 0 Å². The lowest BCUT2D eigenvalue weighted by Crippen LogP contribution is -2.38. The third-order valence-corrected chi connectivity index (χ3v) is 2.14. The molecule has 1 aromatic rings. The fourth-order valence-corrected chi connectivity index (χ4v) is 1.31. The number of aliphatic hydroxyl groups excluding tert-OH is 1. The van der Waals surface area contributed by atoms with Gasteiger partial charge in [0.05, 0.1) is 17.8 Å². The van der Waals surface area contributed by atoms with Crippen LogP contribution in [0.2, 0.25) is 0 Å². The normalized spacial score (nSPS) is 15.4. The molecule has 1 aromatic heterocycles. The van der Waals surface area contributed by atoms with Crippen LogP contribution in [0.3, 0.4) is 0 Å². The van der Waals surface area contributed by atoms with E-state index >= 15 is 0 Å². The van der Waals surface area contributed by atoms with E-state index in [1.165, 1.54) is 0 Å². The zero-order chi connectivity index (χ0) is 9.90. The second-order valence-electron chi connectivity index (χ2n) is 3.44. The van der Waals surface area contributed by atoms with Gasteiger partial charge in [0.25, 0.3) is 0 Å². The number of aliphatic hydroxyl groups is 1. The first kappa shape index (κ1) is 10.2. The maximum absolute atomic E-state index is 9.10. The van der Waals surface area contributed by atoms with Crippen LogP contribution in [-0.2, 0) is 12.0 Å². The number of rotatable bonds is 3. The van der Waals surface area contributed by atoms with Crippen LogP contribution in [0.15, 0.2) is 18.3 Å². The van der Waals surface area contributed by atoms with Crippen LogP contribution in [0.5, 0.6) is 0 Å². The van der Waals surface area contributed by atoms with E-state index in [9.17, 15) is 0 Å². The minimum absolute atomic E-state index is 0.0863. The predicted octanol–water partition coefficient (Wildman–Crippen LogP) is 0.810. The molecule has 13 heavy (non-hydrogen) atoms. The largest absolute Gasteiger partial charge is 0.394 e. The molecule has 3 heteroatoms. The van der Waals surface area contributed by atoms with Crippen molar-refractivity contribution >= 4 is 0 Å². The molecular weight excluding hydrogens is 164 g/mol. The van der Waals surface area contributed by atoms with Crippen LogP contribution in [0.25, 0.3) is 0 Å². The second-order valence-corrected chi connectivity index (χ2v) is 3.44. The first-order valence-corrected chi connectivity index (χ1v) is 4.46. The summed E-state index contributed by atoms with van der Waals surface area (Å²) in [6.07, 6.45) is 2.59. The van der Waals surface area contributed by atoms with Gasteiger partial charge in [-0.05, 0) is 25.0 Å². The molecule has 0 saturated carbocycles. The quantitative estimate of drug-likeness (QED) is 0.723. The smallest absolute Gasteiger partial charge is 0.0791 e. The Balaban J connectivity index is 3.12.